The first-order valence-corrected chi connectivity index (χ1v) is 6.87. The molecule has 1 atom stereocenters. The van der Waals surface area contributed by atoms with E-state index in [4.69, 9.17) is 0 Å². The molecular weight excluding hydrogens is 214 g/mol. The van der Waals surface area contributed by atoms with E-state index >= 15 is 0 Å². The van der Waals surface area contributed by atoms with E-state index in [0.717, 1.165) is 45.4 Å². The van der Waals surface area contributed by atoms with Gasteiger partial charge in [-0.1, -0.05) is 6.92 Å². The van der Waals surface area contributed by atoms with E-state index < -0.39 is 0 Å². The van der Waals surface area contributed by atoms with Crippen LogP contribution < -0.4 is 10.6 Å². The van der Waals surface area contributed by atoms with Gasteiger partial charge in [-0.15, -0.1) is 0 Å². The molecule has 2 heterocycles. The highest BCUT2D eigenvalue weighted by Crippen LogP contribution is 2.20. The zero-order valence-electron chi connectivity index (χ0n) is 11.1. The molecule has 2 rings (SSSR count). The molecule has 0 aromatic carbocycles. The second kappa shape index (κ2) is 5.25. The highest BCUT2D eigenvalue weighted by Gasteiger charge is 2.31. The van der Waals surface area contributed by atoms with Crippen LogP contribution in [0.2, 0.25) is 0 Å². The number of nitrogens with zero attached hydrogens (tertiary/aromatic N) is 1. The van der Waals surface area contributed by atoms with Crippen molar-refractivity contribution < 1.29 is 4.79 Å². The third-order valence-electron chi connectivity index (χ3n) is 4.06. The van der Waals surface area contributed by atoms with Crippen LogP contribution >= 0.6 is 0 Å². The molecule has 2 aliphatic rings. The largest absolute Gasteiger partial charge is 0.333 e. The minimum Gasteiger partial charge on any atom is -0.333 e. The first kappa shape index (κ1) is 12.7. The van der Waals surface area contributed by atoms with Crippen LogP contribution in [-0.2, 0) is 0 Å². The van der Waals surface area contributed by atoms with Crippen LogP contribution in [0.4, 0.5) is 4.79 Å². The molecule has 98 valence electrons. The SMILES string of the molecule is CC1CCCN(C(=O)NC2(C)CCNCC2)C1. The Hall–Kier alpha value is -0.770. The van der Waals surface area contributed by atoms with E-state index in [9.17, 15) is 4.79 Å². The molecule has 0 radical (unpaired) electrons. The molecule has 0 aromatic rings. The number of hydrogen-bond donors (Lipinski definition) is 2. The van der Waals surface area contributed by atoms with Gasteiger partial charge in [-0.3, -0.25) is 0 Å². The molecule has 2 aliphatic heterocycles. The molecule has 0 spiro atoms. The molecule has 4 nitrogen and oxygen atoms in total. The Morgan fingerprint density at radius 1 is 1.41 bits per heavy atom. The Balaban J connectivity index is 1.87. The van der Waals surface area contributed by atoms with Gasteiger partial charge in [0.25, 0.3) is 0 Å². The molecule has 0 aromatic heterocycles. The number of likely N-dealkylation sites (tertiary alicyclic amines) is 1. The molecule has 1 unspecified atom stereocenters. The predicted molar refractivity (Wildman–Crippen MR) is 69.0 cm³/mol. The van der Waals surface area contributed by atoms with Crippen molar-refractivity contribution in [1.29, 1.82) is 0 Å². The second-order valence-electron chi connectivity index (χ2n) is 5.93. The standard InChI is InChI=1S/C13H25N3O/c1-11-4-3-9-16(10-11)12(17)15-13(2)5-7-14-8-6-13/h11,14H,3-10H2,1-2H3,(H,15,17). The van der Waals surface area contributed by atoms with Crippen molar-refractivity contribution in [2.75, 3.05) is 26.2 Å². The number of carbonyl (C=O) groups excluding carboxylic acids is 1. The van der Waals surface area contributed by atoms with Crippen molar-refractivity contribution in [1.82, 2.24) is 15.5 Å². The average molecular weight is 239 g/mol. The lowest BCUT2D eigenvalue weighted by Crippen LogP contribution is -2.57. The van der Waals surface area contributed by atoms with Gasteiger partial charge in [0.2, 0.25) is 0 Å². The molecule has 4 heteroatoms. The van der Waals surface area contributed by atoms with Crippen LogP contribution in [0.5, 0.6) is 0 Å². The summed E-state index contributed by atoms with van der Waals surface area (Å²) in [5.41, 5.74) is -0.0109. The van der Waals surface area contributed by atoms with Gasteiger partial charge < -0.3 is 15.5 Å². The zero-order chi connectivity index (χ0) is 12.3. The van der Waals surface area contributed by atoms with Crippen LogP contribution in [-0.4, -0.2) is 42.6 Å². The molecule has 2 N–H and O–H groups in total. The summed E-state index contributed by atoms with van der Waals surface area (Å²) in [7, 11) is 0. The van der Waals surface area contributed by atoms with Crippen LogP contribution in [0.15, 0.2) is 0 Å². The molecule has 0 bridgehead atoms. The maximum Gasteiger partial charge on any atom is 0.317 e. The monoisotopic (exact) mass is 239 g/mol. The van der Waals surface area contributed by atoms with Gasteiger partial charge >= 0.3 is 6.03 Å². The lowest BCUT2D eigenvalue weighted by molar-refractivity contribution is 0.153. The summed E-state index contributed by atoms with van der Waals surface area (Å²) in [6, 6.07) is 0.140. The Morgan fingerprint density at radius 3 is 2.76 bits per heavy atom. The number of nitrogens with one attached hydrogen (secondary N) is 2. The quantitative estimate of drug-likeness (QED) is 0.729. The minimum atomic E-state index is -0.0109. The van der Waals surface area contributed by atoms with Crippen LogP contribution in [0, 0.1) is 5.92 Å². The van der Waals surface area contributed by atoms with E-state index in [1.165, 1.54) is 6.42 Å². The third kappa shape index (κ3) is 3.35. The number of carbonyl (C=O) groups is 1. The second-order valence-corrected chi connectivity index (χ2v) is 5.93. The van der Waals surface area contributed by atoms with Gasteiger partial charge in [-0.2, -0.15) is 0 Å². The maximum absolute atomic E-state index is 12.2. The van der Waals surface area contributed by atoms with E-state index in [0.29, 0.717) is 5.92 Å². The zero-order valence-corrected chi connectivity index (χ0v) is 11.1. The van der Waals surface area contributed by atoms with Crippen LogP contribution in [0.25, 0.3) is 0 Å². The Morgan fingerprint density at radius 2 is 2.12 bits per heavy atom. The molecule has 0 aliphatic carbocycles. The molecule has 2 amide bonds. The van der Waals surface area contributed by atoms with Crippen LogP contribution in [0.3, 0.4) is 0 Å². The summed E-state index contributed by atoms with van der Waals surface area (Å²) in [5.74, 6) is 0.648. The number of urea groups is 1. The van der Waals surface area contributed by atoms with Gasteiger partial charge in [0, 0.05) is 18.6 Å². The van der Waals surface area contributed by atoms with Gasteiger partial charge in [0.1, 0.15) is 0 Å². The van der Waals surface area contributed by atoms with Crippen LogP contribution in [0.1, 0.15) is 39.5 Å². The lowest BCUT2D eigenvalue weighted by atomic mass is 9.91. The van der Waals surface area contributed by atoms with Crippen molar-refractivity contribution in [3.63, 3.8) is 0 Å². The number of piperidine rings is 2. The summed E-state index contributed by atoms with van der Waals surface area (Å²) in [4.78, 5) is 14.2. The minimum absolute atomic E-state index is 0.0109. The summed E-state index contributed by atoms with van der Waals surface area (Å²) < 4.78 is 0. The van der Waals surface area contributed by atoms with Crippen molar-refractivity contribution >= 4 is 6.03 Å². The van der Waals surface area contributed by atoms with Gasteiger partial charge in [-0.05, 0) is 51.6 Å². The van der Waals surface area contributed by atoms with Crippen molar-refractivity contribution in [2.24, 2.45) is 5.92 Å². The summed E-state index contributed by atoms with van der Waals surface area (Å²) in [6.45, 7) is 8.25. The first-order chi connectivity index (χ1) is 8.09. The van der Waals surface area contributed by atoms with Crippen molar-refractivity contribution in [3.05, 3.63) is 0 Å². The Labute approximate surface area is 104 Å². The number of amides is 2. The van der Waals surface area contributed by atoms with E-state index in [-0.39, 0.29) is 11.6 Å². The van der Waals surface area contributed by atoms with E-state index in [1.54, 1.807) is 0 Å². The van der Waals surface area contributed by atoms with Gasteiger partial charge in [-0.25, -0.2) is 4.79 Å². The van der Waals surface area contributed by atoms with Crippen molar-refractivity contribution in [2.45, 2.75) is 45.1 Å². The molecular formula is C13H25N3O. The third-order valence-corrected chi connectivity index (χ3v) is 4.06. The Kier molecular flexibility index (Phi) is 3.92. The lowest BCUT2D eigenvalue weighted by Gasteiger charge is -2.38. The van der Waals surface area contributed by atoms with E-state index in [1.807, 2.05) is 4.90 Å². The fourth-order valence-corrected chi connectivity index (χ4v) is 2.81. The molecule has 0 saturated carbocycles. The fraction of sp³-hybridized carbons (Fsp3) is 0.923. The highest BCUT2D eigenvalue weighted by atomic mass is 16.2. The highest BCUT2D eigenvalue weighted by molar-refractivity contribution is 5.75. The fourth-order valence-electron chi connectivity index (χ4n) is 2.81. The normalized spacial score (nSPS) is 28.8. The number of rotatable bonds is 1. The van der Waals surface area contributed by atoms with Gasteiger partial charge in [0.15, 0.2) is 0 Å². The number of hydrogen-bond acceptors (Lipinski definition) is 2. The summed E-state index contributed by atoms with van der Waals surface area (Å²) in [6.07, 6.45) is 4.46. The van der Waals surface area contributed by atoms with E-state index in [2.05, 4.69) is 24.5 Å². The van der Waals surface area contributed by atoms with Gasteiger partial charge in [0.05, 0.1) is 0 Å². The maximum atomic E-state index is 12.2. The average Bonchev–Trinajstić information content (AvgIpc) is 2.29. The van der Waals surface area contributed by atoms with Crippen molar-refractivity contribution in [3.8, 4) is 0 Å². The summed E-state index contributed by atoms with van der Waals surface area (Å²) in [5, 5.41) is 6.57. The first-order valence-electron chi connectivity index (χ1n) is 6.87. The summed E-state index contributed by atoms with van der Waals surface area (Å²) >= 11 is 0. The smallest absolute Gasteiger partial charge is 0.317 e. The topological polar surface area (TPSA) is 44.4 Å². The molecule has 2 fully saturated rings. The molecule has 2 saturated heterocycles. The predicted octanol–water partition coefficient (Wildman–Crippen LogP) is 1.57. The molecule has 17 heavy (non-hydrogen) atoms. The Bertz CT molecular complexity index is 274.